The minimum atomic E-state index is -1.34. The number of halogens is 1. The molecule has 66 heavy (non-hydrogen) atoms. The summed E-state index contributed by atoms with van der Waals surface area (Å²) in [6.07, 6.45) is 5.77. The Kier molecular flexibility index (Phi) is 17.8. The van der Waals surface area contributed by atoms with Crippen molar-refractivity contribution in [2.75, 3.05) is 31.1 Å². The number of hydrogen-bond acceptors (Lipinski definition) is 10. The van der Waals surface area contributed by atoms with Gasteiger partial charge in [0.05, 0.1) is 0 Å². The lowest BCUT2D eigenvalue weighted by atomic mass is 9.81. The van der Waals surface area contributed by atoms with Gasteiger partial charge in [0.25, 0.3) is 11.8 Å². The first-order valence-electron chi connectivity index (χ1n) is 22.0. The first-order valence-corrected chi connectivity index (χ1v) is 22.0. The van der Waals surface area contributed by atoms with E-state index in [-0.39, 0.29) is 75.5 Å². The third kappa shape index (κ3) is 11.6. The quantitative estimate of drug-likeness (QED) is 0.133. The van der Waals surface area contributed by atoms with Crippen LogP contribution in [0.5, 0.6) is 0 Å². The number of imide groups is 2. The van der Waals surface area contributed by atoms with Crippen LogP contribution in [0.1, 0.15) is 121 Å². The van der Waals surface area contributed by atoms with E-state index < -0.39 is 19.2 Å². The molecule has 4 fully saturated rings. The Morgan fingerprint density at radius 1 is 0.545 bits per heavy atom. The van der Waals surface area contributed by atoms with Crippen LogP contribution in [0.4, 0.5) is 5.69 Å². The van der Waals surface area contributed by atoms with Gasteiger partial charge in [-0.3, -0.25) is 39.4 Å². The summed E-state index contributed by atoms with van der Waals surface area (Å²) >= 11 is 0. The standard InChI is InChI=1S/C24H25N3O3.C18H21N3O3.C6H7BO2.2CH4.ClH/c28-22-9-8-21(23(29)25-22)27-15-18-14-17(6-7-20(18)24(27)30)16-10-12-26(13-11-16)19-4-2-1-3-5-19;22-16-4-3-15(17(23)20-16)21-10-13-9-12(1-2-14(13)18(21)24)11-5-7-19-8-6-11;8-7(9)6-4-2-1-3-5-6;;;/h1-7,14,16,21H,8-13,15H2,(H,25,28,29);1-2,9,11,15,19H,3-8,10H2,(H,20,22,23);1-5,8-9H;2*1H4;1H. The first-order chi connectivity index (χ1) is 30.5. The average molecular weight is 921 g/mol. The van der Waals surface area contributed by atoms with Gasteiger partial charge in [0.15, 0.2) is 0 Å². The number of amides is 6. The highest BCUT2D eigenvalue weighted by Crippen LogP contribution is 2.35. The molecule has 0 bridgehead atoms. The van der Waals surface area contributed by atoms with Crippen molar-refractivity contribution in [3.63, 3.8) is 0 Å². The number of benzene rings is 4. The van der Waals surface area contributed by atoms with Crippen LogP contribution in [-0.4, -0.2) is 101 Å². The number of rotatable bonds is 6. The molecule has 350 valence electrons. The molecular weight excluding hydrogens is 859 g/mol. The fraction of sp³-hybridized carbons (Fsp3) is 0.400. The summed E-state index contributed by atoms with van der Waals surface area (Å²) < 4.78 is 0. The van der Waals surface area contributed by atoms with Crippen LogP contribution in [0.15, 0.2) is 97.1 Å². The zero-order valence-electron chi connectivity index (χ0n) is 35.6. The summed E-state index contributed by atoms with van der Waals surface area (Å²) in [5.41, 5.74) is 7.73. The first kappa shape index (κ1) is 51.1. The lowest BCUT2D eigenvalue weighted by Crippen LogP contribution is -2.52. The molecule has 4 aromatic carbocycles. The molecule has 14 nitrogen and oxygen atoms in total. The normalized spacial score (nSPS) is 20.4. The number of piperidine rings is 4. The van der Waals surface area contributed by atoms with Crippen molar-refractivity contribution in [2.45, 2.75) is 103 Å². The topological polar surface area (TPSA) is 189 Å². The van der Waals surface area contributed by atoms with Crippen molar-refractivity contribution in [3.05, 3.63) is 130 Å². The zero-order chi connectivity index (χ0) is 44.0. The minimum absolute atomic E-state index is 0. The largest absolute Gasteiger partial charge is 0.488 e. The van der Waals surface area contributed by atoms with Crippen molar-refractivity contribution < 1.29 is 38.8 Å². The van der Waals surface area contributed by atoms with Gasteiger partial charge in [0.2, 0.25) is 23.6 Å². The van der Waals surface area contributed by atoms with E-state index in [1.54, 1.807) is 34.1 Å². The Balaban J connectivity index is 0.000000204. The predicted octanol–water partition coefficient (Wildman–Crippen LogP) is 4.81. The number of fused-ring (bicyclic) bond motifs is 2. The van der Waals surface area contributed by atoms with Crippen LogP contribution < -0.4 is 26.3 Å². The molecule has 0 spiro atoms. The molecule has 16 heteroatoms. The Bertz CT molecular complexity index is 2360. The zero-order valence-corrected chi connectivity index (χ0v) is 36.4. The number of anilines is 1. The third-order valence-corrected chi connectivity index (χ3v) is 13.1. The van der Waals surface area contributed by atoms with Crippen LogP contribution in [0.2, 0.25) is 0 Å². The van der Waals surface area contributed by atoms with Crippen molar-refractivity contribution in [3.8, 4) is 0 Å². The van der Waals surface area contributed by atoms with E-state index in [1.165, 1.54) is 16.8 Å². The molecule has 6 amide bonds. The number of hydrogen-bond donors (Lipinski definition) is 5. The van der Waals surface area contributed by atoms with Crippen molar-refractivity contribution in [1.29, 1.82) is 0 Å². The summed E-state index contributed by atoms with van der Waals surface area (Å²) in [5, 5.41) is 25.2. The van der Waals surface area contributed by atoms with Gasteiger partial charge in [-0.2, -0.15) is 0 Å². The smallest absolute Gasteiger partial charge is 0.423 e. The van der Waals surface area contributed by atoms with Gasteiger partial charge in [0, 0.05) is 55.8 Å². The maximum absolute atomic E-state index is 12.9. The second kappa shape index (κ2) is 23.0. The summed E-state index contributed by atoms with van der Waals surface area (Å²) in [4.78, 5) is 78.2. The summed E-state index contributed by atoms with van der Waals surface area (Å²) in [6.45, 7) is 5.00. The van der Waals surface area contributed by atoms with Gasteiger partial charge in [-0.15, -0.1) is 12.4 Å². The van der Waals surface area contributed by atoms with Gasteiger partial charge < -0.3 is 30.1 Å². The SMILES string of the molecule is C.C.Cl.O=C1CCC(N2Cc3cc(C4CCN(c5ccccc5)CC4)ccc3C2=O)C(=O)N1.O=C1CCC(N2Cc3cc(C4CCNCC4)ccc3C2=O)C(=O)N1.OB(O)c1ccccc1. The highest BCUT2D eigenvalue weighted by Gasteiger charge is 2.41. The molecule has 4 aromatic rings. The van der Waals surface area contributed by atoms with Gasteiger partial charge in [0.1, 0.15) is 12.1 Å². The number of nitrogens with zero attached hydrogens (tertiary/aromatic N) is 3. The van der Waals surface area contributed by atoms with E-state index in [4.69, 9.17) is 10.0 Å². The van der Waals surface area contributed by atoms with E-state index in [0.717, 1.165) is 63.0 Å². The van der Waals surface area contributed by atoms with E-state index in [9.17, 15) is 28.8 Å². The Labute approximate surface area is 394 Å². The van der Waals surface area contributed by atoms with Crippen molar-refractivity contribution >= 4 is 66.1 Å². The Morgan fingerprint density at radius 2 is 0.985 bits per heavy atom. The average Bonchev–Trinajstić information content (AvgIpc) is 3.82. The van der Waals surface area contributed by atoms with E-state index in [2.05, 4.69) is 69.4 Å². The van der Waals surface area contributed by atoms with Crippen LogP contribution in [0.3, 0.4) is 0 Å². The van der Waals surface area contributed by atoms with Crippen molar-refractivity contribution in [1.82, 2.24) is 25.8 Å². The molecule has 0 aromatic heterocycles. The lowest BCUT2D eigenvalue weighted by Gasteiger charge is -2.34. The van der Waals surface area contributed by atoms with Crippen LogP contribution in [0.25, 0.3) is 0 Å². The van der Waals surface area contributed by atoms with Gasteiger partial charge in [-0.25, -0.2) is 0 Å². The monoisotopic (exact) mass is 920 g/mol. The highest BCUT2D eigenvalue weighted by molar-refractivity contribution is 6.58. The predicted molar refractivity (Wildman–Crippen MR) is 257 cm³/mol. The maximum atomic E-state index is 12.9. The second-order valence-electron chi connectivity index (χ2n) is 17.0. The summed E-state index contributed by atoms with van der Waals surface area (Å²) in [5.74, 6) is -0.419. The fourth-order valence-corrected chi connectivity index (χ4v) is 9.59. The maximum Gasteiger partial charge on any atom is 0.488 e. The second-order valence-corrected chi connectivity index (χ2v) is 17.0. The Hall–Kier alpha value is -5.87. The van der Waals surface area contributed by atoms with Crippen LogP contribution in [0, 0.1) is 0 Å². The van der Waals surface area contributed by atoms with E-state index in [1.807, 2.05) is 24.3 Å². The molecule has 4 saturated heterocycles. The number of nitrogens with one attached hydrogen (secondary N) is 3. The highest BCUT2D eigenvalue weighted by atomic mass is 35.5. The van der Waals surface area contributed by atoms with Gasteiger partial charge in [-0.1, -0.05) is 87.6 Å². The van der Waals surface area contributed by atoms with Crippen molar-refractivity contribution in [2.24, 2.45) is 0 Å². The number of carbonyl (C=O) groups excluding carboxylic acids is 6. The molecular formula is C50H62BClN6O8. The summed E-state index contributed by atoms with van der Waals surface area (Å²) in [6, 6.07) is 30.3. The molecule has 0 saturated carbocycles. The van der Waals surface area contributed by atoms with Crippen LogP contribution >= 0.6 is 12.4 Å². The van der Waals surface area contributed by atoms with Crippen LogP contribution in [-0.2, 0) is 32.3 Å². The van der Waals surface area contributed by atoms with E-state index in [0.29, 0.717) is 54.4 Å². The van der Waals surface area contributed by atoms with Gasteiger partial charge in [-0.05, 0) is 115 Å². The molecule has 0 aliphatic carbocycles. The minimum Gasteiger partial charge on any atom is -0.423 e. The molecule has 2 atom stereocenters. The fourth-order valence-electron chi connectivity index (χ4n) is 9.59. The molecule has 6 heterocycles. The molecule has 6 aliphatic rings. The molecule has 0 radical (unpaired) electrons. The number of carbonyl (C=O) groups is 6. The lowest BCUT2D eigenvalue weighted by molar-refractivity contribution is -0.138. The molecule has 2 unspecified atom stereocenters. The third-order valence-electron chi connectivity index (χ3n) is 13.1. The summed E-state index contributed by atoms with van der Waals surface area (Å²) in [7, 11) is -1.34. The number of para-hydroxylation sites is 1. The van der Waals surface area contributed by atoms with Gasteiger partial charge >= 0.3 is 7.12 Å². The van der Waals surface area contributed by atoms with E-state index >= 15 is 0 Å². The molecule has 10 rings (SSSR count). The molecule has 5 N–H and O–H groups in total. The molecule has 6 aliphatic heterocycles. The Morgan fingerprint density at radius 3 is 1.41 bits per heavy atom.